The van der Waals surface area contributed by atoms with Gasteiger partial charge in [0.05, 0.1) is 11.6 Å². The van der Waals surface area contributed by atoms with Gasteiger partial charge in [-0.15, -0.1) is 0 Å². The Morgan fingerprint density at radius 1 is 1.00 bits per heavy atom. The van der Waals surface area contributed by atoms with Gasteiger partial charge < -0.3 is 23.7 Å². The molecule has 0 aliphatic heterocycles. The SMILES string of the molecule is COCOc1cc(Br)c(OCOC)c(OC)c1. The number of halogens is 1. The molecule has 0 aliphatic carbocycles. The number of hydrogen-bond donors (Lipinski definition) is 0. The molecule has 6 heteroatoms. The molecular formula is C11H15BrO5. The van der Waals surface area contributed by atoms with Crippen LogP contribution in [0.25, 0.3) is 0 Å². The smallest absolute Gasteiger partial charge is 0.188 e. The molecule has 96 valence electrons. The highest BCUT2D eigenvalue weighted by molar-refractivity contribution is 9.10. The minimum Gasteiger partial charge on any atom is -0.493 e. The van der Waals surface area contributed by atoms with Crippen molar-refractivity contribution in [2.75, 3.05) is 34.9 Å². The van der Waals surface area contributed by atoms with E-state index in [1.165, 1.54) is 0 Å². The Morgan fingerprint density at radius 2 is 1.65 bits per heavy atom. The summed E-state index contributed by atoms with van der Waals surface area (Å²) in [4.78, 5) is 0. The Hall–Kier alpha value is -0.980. The largest absolute Gasteiger partial charge is 0.493 e. The molecule has 0 atom stereocenters. The first-order valence-corrected chi connectivity index (χ1v) is 5.63. The molecule has 0 radical (unpaired) electrons. The van der Waals surface area contributed by atoms with Crippen molar-refractivity contribution in [3.8, 4) is 17.2 Å². The van der Waals surface area contributed by atoms with Crippen LogP contribution >= 0.6 is 15.9 Å². The maximum Gasteiger partial charge on any atom is 0.188 e. The Kier molecular flexibility index (Phi) is 6.10. The van der Waals surface area contributed by atoms with Gasteiger partial charge >= 0.3 is 0 Å². The third-order valence-electron chi connectivity index (χ3n) is 1.87. The molecule has 0 heterocycles. The second-order valence-corrected chi connectivity index (χ2v) is 3.89. The molecule has 17 heavy (non-hydrogen) atoms. The lowest BCUT2D eigenvalue weighted by molar-refractivity contribution is 0.0461. The van der Waals surface area contributed by atoms with Crippen LogP contribution in [-0.4, -0.2) is 34.9 Å². The van der Waals surface area contributed by atoms with Crippen molar-refractivity contribution in [1.82, 2.24) is 0 Å². The van der Waals surface area contributed by atoms with Gasteiger partial charge in [-0.25, -0.2) is 0 Å². The summed E-state index contributed by atoms with van der Waals surface area (Å²) in [5.41, 5.74) is 0. The predicted octanol–water partition coefficient (Wildman–Crippen LogP) is 2.42. The summed E-state index contributed by atoms with van der Waals surface area (Å²) < 4.78 is 26.3. The Bertz CT molecular complexity index is 356. The van der Waals surface area contributed by atoms with Gasteiger partial charge in [-0.1, -0.05) is 0 Å². The van der Waals surface area contributed by atoms with Crippen LogP contribution in [0.3, 0.4) is 0 Å². The minimum absolute atomic E-state index is 0.146. The van der Waals surface area contributed by atoms with Crippen molar-refractivity contribution in [3.05, 3.63) is 16.6 Å². The summed E-state index contributed by atoms with van der Waals surface area (Å²) in [6.07, 6.45) is 0. The van der Waals surface area contributed by atoms with E-state index in [9.17, 15) is 0 Å². The highest BCUT2D eigenvalue weighted by atomic mass is 79.9. The molecular weight excluding hydrogens is 292 g/mol. The lowest BCUT2D eigenvalue weighted by atomic mass is 10.3. The Balaban J connectivity index is 2.90. The lowest BCUT2D eigenvalue weighted by Crippen LogP contribution is -2.03. The maximum atomic E-state index is 5.39. The van der Waals surface area contributed by atoms with Crippen molar-refractivity contribution in [3.63, 3.8) is 0 Å². The first kappa shape index (κ1) is 14.1. The van der Waals surface area contributed by atoms with Crippen molar-refractivity contribution >= 4 is 15.9 Å². The van der Waals surface area contributed by atoms with Crippen LogP contribution in [0.1, 0.15) is 0 Å². The third-order valence-corrected chi connectivity index (χ3v) is 2.46. The van der Waals surface area contributed by atoms with Crippen molar-refractivity contribution in [1.29, 1.82) is 0 Å². The molecule has 0 unspecified atom stereocenters. The van der Waals surface area contributed by atoms with Crippen LogP contribution in [-0.2, 0) is 9.47 Å². The quantitative estimate of drug-likeness (QED) is 0.724. The molecule has 0 aliphatic rings. The highest BCUT2D eigenvalue weighted by Crippen LogP contribution is 2.39. The fourth-order valence-electron chi connectivity index (χ4n) is 1.16. The zero-order valence-corrected chi connectivity index (χ0v) is 11.6. The normalized spacial score (nSPS) is 10.1. The van der Waals surface area contributed by atoms with Gasteiger partial charge in [0.2, 0.25) is 0 Å². The maximum absolute atomic E-state index is 5.39. The summed E-state index contributed by atoms with van der Waals surface area (Å²) in [7, 11) is 4.67. The molecule has 1 aromatic carbocycles. The average Bonchev–Trinajstić information content (AvgIpc) is 2.34. The second-order valence-electron chi connectivity index (χ2n) is 3.04. The molecule has 0 amide bonds. The molecule has 1 aromatic rings. The van der Waals surface area contributed by atoms with Crippen molar-refractivity contribution < 1.29 is 23.7 Å². The van der Waals surface area contributed by atoms with Gasteiger partial charge in [-0.2, -0.15) is 0 Å². The van der Waals surface area contributed by atoms with E-state index in [-0.39, 0.29) is 13.6 Å². The van der Waals surface area contributed by atoms with E-state index in [0.29, 0.717) is 17.2 Å². The zero-order chi connectivity index (χ0) is 12.7. The Morgan fingerprint density at radius 3 is 2.24 bits per heavy atom. The number of methoxy groups -OCH3 is 3. The van der Waals surface area contributed by atoms with Crippen LogP contribution in [0.2, 0.25) is 0 Å². The number of ether oxygens (including phenoxy) is 5. The van der Waals surface area contributed by atoms with E-state index in [2.05, 4.69) is 15.9 Å². The summed E-state index contributed by atoms with van der Waals surface area (Å²) in [6.45, 7) is 0.321. The van der Waals surface area contributed by atoms with Crippen LogP contribution in [0.15, 0.2) is 16.6 Å². The van der Waals surface area contributed by atoms with Crippen LogP contribution < -0.4 is 14.2 Å². The highest BCUT2D eigenvalue weighted by Gasteiger charge is 2.12. The van der Waals surface area contributed by atoms with Crippen LogP contribution in [0.4, 0.5) is 0 Å². The van der Waals surface area contributed by atoms with E-state index in [4.69, 9.17) is 23.7 Å². The van der Waals surface area contributed by atoms with E-state index in [0.717, 1.165) is 4.47 Å². The molecule has 0 bridgehead atoms. The predicted molar refractivity (Wildman–Crippen MR) is 65.7 cm³/mol. The van der Waals surface area contributed by atoms with Crippen LogP contribution in [0.5, 0.6) is 17.2 Å². The standard InChI is InChI=1S/C11H15BrO5/c1-13-6-16-8-4-9(12)11(17-7-14-2)10(5-8)15-3/h4-5H,6-7H2,1-3H3. The third kappa shape index (κ3) is 4.07. The van der Waals surface area contributed by atoms with E-state index < -0.39 is 0 Å². The average molecular weight is 307 g/mol. The number of rotatable bonds is 7. The lowest BCUT2D eigenvalue weighted by Gasteiger charge is -2.14. The zero-order valence-electron chi connectivity index (χ0n) is 9.99. The molecule has 0 saturated carbocycles. The van der Waals surface area contributed by atoms with Gasteiger partial charge in [-0.05, 0) is 22.0 Å². The fourth-order valence-corrected chi connectivity index (χ4v) is 1.70. The number of benzene rings is 1. The first-order chi connectivity index (χ1) is 8.22. The van der Waals surface area contributed by atoms with Gasteiger partial charge in [-0.3, -0.25) is 0 Å². The summed E-state index contributed by atoms with van der Waals surface area (Å²) >= 11 is 3.38. The molecule has 0 spiro atoms. The Labute approximate surface area is 109 Å². The minimum atomic E-state index is 0.146. The fraction of sp³-hybridized carbons (Fsp3) is 0.455. The van der Waals surface area contributed by atoms with Gasteiger partial charge in [0.15, 0.2) is 25.1 Å². The molecule has 5 nitrogen and oxygen atoms in total. The van der Waals surface area contributed by atoms with Crippen molar-refractivity contribution in [2.45, 2.75) is 0 Å². The number of hydrogen-bond acceptors (Lipinski definition) is 5. The van der Waals surface area contributed by atoms with Gasteiger partial charge in [0, 0.05) is 20.3 Å². The first-order valence-electron chi connectivity index (χ1n) is 4.84. The topological polar surface area (TPSA) is 46.2 Å². The summed E-state index contributed by atoms with van der Waals surface area (Å²) in [5, 5.41) is 0. The molecule has 0 N–H and O–H groups in total. The molecule has 0 aromatic heterocycles. The van der Waals surface area contributed by atoms with Crippen LogP contribution in [0, 0.1) is 0 Å². The van der Waals surface area contributed by atoms with Gasteiger partial charge in [0.25, 0.3) is 0 Å². The molecule has 0 fully saturated rings. The van der Waals surface area contributed by atoms with E-state index in [1.54, 1.807) is 33.5 Å². The monoisotopic (exact) mass is 306 g/mol. The van der Waals surface area contributed by atoms with E-state index >= 15 is 0 Å². The second kappa shape index (κ2) is 7.37. The molecule has 1 rings (SSSR count). The summed E-state index contributed by atoms with van der Waals surface area (Å²) in [6, 6.07) is 3.49. The van der Waals surface area contributed by atoms with Crippen molar-refractivity contribution in [2.24, 2.45) is 0 Å². The van der Waals surface area contributed by atoms with E-state index in [1.807, 2.05) is 0 Å². The summed E-state index contributed by atoms with van der Waals surface area (Å²) in [5.74, 6) is 1.75. The van der Waals surface area contributed by atoms with Gasteiger partial charge in [0.1, 0.15) is 5.75 Å². The molecule has 0 saturated heterocycles.